The molecule has 0 saturated heterocycles. The molecule has 1 N–H and O–H groups in total. The maximum atomic E-state index is 12.2. The second-order valence-corrected chi connectivity index (χ2v) is 6.11. The zero-order chi connectivity index (χ0) is 16.4. The number of rotatable bonds is 4. The fourth-order valence-corrected chi connectivity index (χ4v) is 2.91. The Bertz CT molecular complexity index is 904. The molecule has 0 fully saturated rings. The number of thioether (sulfide) groups is 1. The highest BCUT2D eigenvalue weighted by atomic mass is 32.2. The Hall–Kier alpha value is -2.61. The van der Waals surface area contributed by atoms with Gasteiger partial charge in [-0.3, -0.25) is 9.59 Å². The number of benzene rings is 1. The number of hydrogen-bond acceptors (Lipinski definition) is 6. The Morgan fingerprint density at radius 3 is 2.78 bits per heavy atom. The van der Waals surface area contributed by atoms with Gasteiger partial charge in [0.2, 0.25) is 0 Å². The van der Waals surface area contributed by atoms with Crippen LogP contribution in [0.4, 0.5) is 0 Å². The molecule has 1 aromatic carbocycles. The van der Waals surface area contributed by atoms with Crippen LogP contribution in [0.15, 0.2) is 46.5 Å². The van der Waals surface area contributed by atoms with Gasteiger partial charge in [-0.25, -0.2) is 9.67 Å². The summed E-state index contributed by atoms with van der Waals surface area (Å²) >= 11 is 1.13. The van der Waals surface area contributed by atoms with Crippen LogP contribution < -0.4 is 5.56 Å². The number of aromatic amines is 1. The molecule has 0 amide bonds. The molecule has 0 aliphatic heterocycles. The lowest BCUT2D eigenvalue weighted by Gasteiger charge is -2.08. The minimum Gasteiger partial charge on any atom is -0.468 e. The van der Waals surface area contributed by atoms with Crippen LogP contribution >= 0.6 is 11.8 Å². The zero-order valence-electron chi connectivity index (χ0n) is 12.5. The second kappa shape index (κ2) is 6.25. The minimum atomic E-state index is -0.478. The van der Waals surface area contributed by atoms with Gasteiger partial charge in [-0.1, -0.05) is 30.0 Å². The van der Waals surface area contributed by atoms with Gasteiger partial charge >= 0.3 is 5.97 Å². The minimum absolute atomic E-state index is 0.295. The summed E-state index contributed by atoms with van der Waals surface area (Å²) in [7, 11) is 1.32. The maximum Gasteiger partial charge on any atom is 0.318 e. The van der Waals surface area contributed by atoms with Crippen LogP contribution in [0.3, 0.4) is 0 Å². The quantitative estimate of drug-likeness (QED) is 0.445. The highest BCUT2D eigenvalue weighted by molar-refractivity contribution is 8.00. The lowest BCUT2D eigenvalue weighted by Crippen LogP contribution is -2.17. The third-order valence-corrected chi connectivity index (χ3v) is 4.20. The first-order valence-corrected chi connectivity index (χ1v) is 7.76. The summed E-state index contributed by atoms with van der Waals surface area (Å²) in [5, 5.41) is 4.49. The van der Waals surface area contributed by atoms with Crippen LogP contribution in [0.5, 0.6) is 0 Å². The Kier molecular flexibility index (Phi) is 4.16. The van der Waals surface area contributed by atoms with Crippen molar-refractivity contribution in [3.05, 3.63) is 46.9 Å². The number of nitrogens with one attached hydrogen (secondary N) is 1. The van der Waals surface area contributed by atoms with Gasteiger partial charge in [0, 0.05) is 0 Å². The number of fused-ring (bicyclic) bond motifs is 1. The van der Waals surface area contributed by atoms with E-state index < -0.39 is 5.25 Å². The summed E-state index contributed by atoms with van der Waals surface area (Å²) in [4.78, 5) is 30.8. The van der Waals surface area contributed by atoms with Gasteiger partial charge in [-0.15, -0.1) is 0 Å². The number of nitrogens with zero attached hydrogens (tertiary/aromatic N) is 3. The maximum absolute atomic E-state index is 12.2. The lowest BCUT2D eigenvalue weighted by molar-refractivity contribution is -0.139. The molecular formula is C15H14N4O3S. The van der Waals surface area contributed by atoms with E-state index in [9.17, 15) is 9.59 Å². The molecule has 0 spiro atoms. The van der Waals surface area contributed by atoms with E-state index in [0.29, 0.717) is 16.2 Å². The fourth-order valence-electron chi connectivity index (χ4n) is 2.09. The molecule has 118 valence electrons. The molecule has 2 heterocycles. The molecule has 1 atom stereocenters. The Morgan fingerprint density at radius 1 is 1.35 bits per heavy atom. The molecule has 8 heteroatoms. The molecule has 0 aliphatic rings. The number of carbonyl (C=O) groups is 1. The number of esters is 1. The largest absolute Gasteiger partial charge is 0.468 e. The summed E-state index contributed by atoms with van der Waals surface area (Å²) in [6.07, 6.45) is 1.48. The first-order valence-electron chi connectivity index (χ1n) is 6.88. The highest BCUT2D eigenvalue weighted by Crippen LogP contribution is 2.21. The van der Waals surface area contributed by atoms with E-state index in [1.165, 1.54) is 13.3 Å². The summed E-state index contributed by atoms with van der Waals surface area (Å²) in [6, 6.07) is 9.41. The van der Waals surface area contributed by atoms with Crippen molar-refractivity contribution < 1.29 is 9.53 Å². The van der Waals surface area contributed by atoms with Crippen molar-refractivity contribution in [1.82, 2.24) is 19.7 Å². The predicted molar refractivity (Wildman–Crippen MR) is 86.8 cm³/mol. The highest BCUT2D eigenvalue weighted by Gasteiger charge is 2.18. The SMILES string of the molecule is COC(=O)[C@@H](C)Sc1nc2c(cnn2-c2ccccc2)c(=O)[nH]1. The van der Waals surface area contributed by atoms with Gasteiger partial charge in [0.05, 0.1) is 19.0 Å². The van der Waals surface area contributed by atoms with Crippen molar-refractivity contribution in [2.75, 3.05) is 7.11 Å². The molecule has 23 heavy (non-hydrogen) atoms. The molecule has 0 aliphatic carbocycles. The summed E-state index contributed by atoms with van der Waals surface area (Å²) in [6.45, 7) is 1.69. The zero-order valence-corrected chi connectivity index (χ0v) is 13.3. The molecule has 2 aromatic heterocycles. The molecule has 0 saturated carbocycles. The number of hydrogen-bond donors (Lipinski definition) is 1. The number of ether oxygens (including phenoxy) is 1. The van der Waals surface area contributed by atoms with E-state index in [0.717, 1.165) is 17.4 Å². The Labute approximate surface area is 135 Å². The van der Waals surface area contributed by atoms with Crippen molar-refractivity contribution in [2.45, 2.75) is 17.3 Å². The van der Waals surface area contributed by atoms with E-state index >= 15 is 0 Å². The van der Waals surface area contributed by atoms with E-state index in [1.54, 1.807) is 11.6 Å². The molecule has 3 aromatic rings. The van der Waals surface area contributed by atoms with Crippen LogP contribution in [0, 0.1) is 0 Å². The van der Waals surface area contributed by atoms with E-state index in [4.69, 9.17) is 0 Å². The van der Waals surface area contributed by atoms with Gasteiger partial charge in [0.25, 0.3) is 5.56 Å². The first-order chi connectivity index (χ1) is 11.1. The number of methoxy groups -OCH3 is 1. The number of H-pyrrole nitrogens is 1. The first kappa shape index (κ1) is 15.3. The summed E-state index contributed by atoms with van der Waals surface area (Å²) < 4.78 is 6.28. The van der Waals surface area contributed by atoms with Crippen molar-refractivity contribution >= 4 is 28.8 Å². The van der Waals surface area contributed by atoms with Gasteiger partial charge < -0.3 is 9.72 Å². The average molecular weight is 330 g/mol. The van der Waals surface area contributed by atoms with E-state index in [-0.39, 0.29) is 11.5 Å². The normalized spacial score (nSPS) is 12.3. The van der Waals surface area contributed by atoms with Crippen molar-refractivity contribution in [3.63, 3.8) is 0 Å². The van der Waals surface area contributed by atoms with Crippen molar-refractivity contribution in [2.24, 2.45) is 0 Å². The van der Waals surface area contributed by atoms with Gasteiger partial charge in [-0.05, 0) is 19.1 Å². The van der Waals surface area contributed by atoms with Crippen LogP contribution in [0.1, 0.15) is 6.92 Å². The number of aromatic nitrogens is 4. The number of carbonyl (C=O) groups excluding carboxylic acids is 1. The van der Waals surface area contributed by atoms with Gasteiger partial charge in [-0.2, -0.15) is 5.10 Å². The van der Waals surface area contributed by atoms with Crippen LogP contribution in [-0.4, -0.2) is 38.1 Å². The molecule has 7 nitrogen and oxygen atoms in total. The second-order valence-electron chi connectivity index (χ2n) is 4.78. The number of para-hydroxylation sites is 1. The third kappa shape index (κ3) is 2.98. The standard InChI is InChI=1S/C15H14N4O3S/c1-9(14(21)22-2)23-15-17-12-11(13(20)18-15)8-16-19(12)10-6-4-3-5-7-10/h3-9H,1-2H3,(H,17,18,20)/t9-/m1/s1. The third-order valence-electron chi connectivity index (χ3n) is 3.24. The van der Waals surface area contributed by atoms with Crippen molar-refractivity contribution in [3.8, 4) is 5.69 Å². The summed E-state index contributed by atoms with van der Waals surface area (Å²) in [5.74, 6) is -0.380. The topological polar surface area (TPSA) is 89.9 Å². The van der Waals surface area contributed by atoms with Crippen LogP contribution in [0.2, 0.25) is 0 Å². The van der Waals surface area contributed by atoms with Crippen LogP contribution in [-0.2, 0) is 9.53 Å². The monoisotopic (exact) mass is 330 g/mol. The molecule has 0 bridgehead atoms. The molecule has 0 radical (unpaired) electrons. The van der Waals surface area contributed by atoms with Gasteiger partial charge in [0.15, 0.2) is 10.8 Å². The molecule has 3 rings (SSSR count). The van der Waals surface area contributed by atoms with Gasteiger partial charge in [0.1, 0.15) is 10.6 Å². The summed E-state index contributed by atoms with van der Waals surface area (Å²) in [5.41, 5.74) is 0.953. The average Bonchev–Trinajstić information content (AvgIpc) is 2.99. The Balaban J connectivity index is 2.06. The predicted octanol–water partition coefficient (Wildman–Crippen LogP) is 1.76. The van der Waals surface area contributed by atoms with E-state index in [1.807, 2.05) is 30.3 Å². The van der Waals surface area contributed by atoms with Crippen LogP contribution in [0.25, 0.3) is 16.7 Å². The van der Waals surface area contributed by atoms with Crippen molar-refractivity contribution in [1.29, 1.82) is 0 Å². The molecule has 0 unspecified atom stereocenters. The molecular weight excluding hydrogens is 316 g/mol. The lowest BCUT2D eigenvalue weighted by atomic mass is 10.3. The smallest absolute Gasteiger partial charge is 0.318 e. The van der Waals surface area contributed by atoms with E-state index in [2.05, 4.69) is 19.8 Å². The fraction of sp³-hybridized carbons (Fsp3) is 0.200. The Morgan fingerprint density at radius 2 is 2.09 bits per heavy atom.